The highest BCUT2D eigenvalue weighted by molar-refractivity contribution is 6.34. The minimum absolute atomic E-state index is 0.346. The molecule has 6 heteroatoms. The number of carbonyl (C=O) groups is 4. The molecular weight excluding hydrogens is 404 g/mol. The van der Waals surface area contributed by atoms with Gasteiger partial charge in [0, 0.05) is 12.2 Å². The molecule has 0 atom stereocenters. The summed E-state index contributed by atoms with van der Waals surface area (Å²) in [6.07, 6.45) is 2.62. The molecule has 0 fully saturated rings. The molecule has 0 radical (unpaired) electrons. The Balaban J connectivity index is 1.50. The number of benzene rings is 3. The molecule has 2 aliphatic heterocycles. The summed E-state index contributed by atoms with van der Waals surface area (Å²) in [7, 11) is 0. The van der Waals surface area contributed by atoms with Crippen LogP contribution in [0.15, 0.2) is 84.9 Å². The summed E-state index contributed by atoms with van der Waals surface area (Å²) >= 11 is 0. The quantitative estimate of drug-likeness (QED) is 0.635. The van der Waals surface area contributed by atoms with Crippen LogP contribution in [0.4, 0.5) is 0 Å². The topological polar surface area (TPSA) is 92.3 Å². The van der Waals surface area contributed by atoms with E-state index >= 15 is 0 Å². The molecule has 2 heterocycles. The molecule has 0 aromatic heterocycles. The fourth-order valence-corrected chi connectivity index (χ4v) is 3.86. The summed E-state index contributed by atoms with van der Waals surface area (Å²) in [5, 5.41) is 4.53. The monoisotopic (exact) mass is 420 g/mol. The van der Waals surface area contributed by atoms with Crippen molar-refractivity contribution in [1.29, 1.82) is 0 Å². The van der Waals surface area contributed by atoms with E-state index in [1.54, 1.807) is 12.1 Å². The van der Waals surface area contributed by atoms with Crippen molar-refractivity contribution >= 4 is 34.8 Å². The molecule has 0 bridgehead atoms. The first-order valence-electron chi connectivity index (χ1n) is 9.94. The lowest BCUT2D eigenvalue weighted by Crippen LogP contribution is -2.21. The van der Waals surface area contributed by atoms with Gasteiger partial charge in [-0.15, -0.1) is 0 Å². The molecule has 0 spiro atoms. The number of nitrogens with one attached hydrogen (secondary N) is 2. The molecular formula is C26H16N2O4. The number of carbonyl (C=O) groups excluding carboxylic acids is 4. The second-order valence-corrected chi connectivity index (χ2v) is 7.50. The van der Waals surface area contributed by atoms with E-state index in [4.69, 9.17) is 0 Å². The molecule has 0 aliphatic carbocycles. The summed E-state index contributed by atoms with van der Waals surface area (Å²) in [5.41, 5.74) is 5.70. The van der Waals surface area contributed by atoms with Crippen LogP contribution in [0.5, 0.6) is 0 Å². The van der Waals surface area contributed by atoms with Gasteiger partial charge in [-0.05, 0) is 51.6 Å². The third-order valence-electron chi connectivity index (χ3n) is 5.39. The Hall–Kier alpha value is -4.58. The molecule has 2 aliphatic rings. The second-order valence-electron chi connectivity index (χ2n) is 7.50. The van der Waals surface area contributed by atoms with Crippen LogP contribution < -0.4 is 10.6 Å². The lowest BCUT2D eigenvalue weighted by Gasteiger charge is -2.09. The minimum Gasteiger partial charge on any atom is -0.289 e. The van der Waals surface area contributed by atoms with Crippen LogP contribution in [0, 0.1) is 0 Å². The maximum atomic E-state index is 12.0. The molecule has 3 aromatic rings. The average molecular weight is 420 g/mol. The molecule has 0 unspecified atom stereocenters. The largest absolute Gasteiger partial charge is 0.289 e. The van der Waals surface area contributed by atoms with Crippen molar-refractivity contribution < 1.29 is 19.2 Å². The average Bonchev–Trinajstić information content (AvgIpc) is 3.33. The molecule has 0 saturated carbocycles. The molecule has 154 valence electrons. The van der Waals surface area contributed by atoms with Crippen molar-refractivity contribution in [2.45, 2.75) is 0 Å². The molecule has 6 nitrogen and oxygen atoms in total. The number of rotatable bonds is 4. The highest BCUT2D eigenvalue weighted by atomic mass is 16.2. The van der Waals surface area contributed by atoms with Gasteiger partial charge in [0.1, 0.15) is 0 Å². The van der Waals surface area contributed by atoms with Crippen molar-refractivity contribution in [2.75, 3.05) is 0 Å². The van der Waals surface area contributed by atoms with Crippen molar-refractivity contribution in [3.05, 3.63) is 96.1 Å². The smallest absolute Gasteiger partial charge is 0.258 e. The van der Waals surface area contributed by atoms with Crippen LogP contribution in [0.1, 0.15) is 11.1 Å². The molecule has 4 amide bonds. The van der Waals surface area contributed by atoms with Crippen LogP contribution in [-0.2, 0) is 19.2 Å². The van der Waals surface area contributed by atoms with E-state index in [0.717, 1.165) is 22.3 Å². The van der Waals surface area contributed by atoms with Crippen LogP contribution in [-0.4, -0.2) is 23.6 Å². The SMILES string of the molecule is O=C1C=C(c2cccc(-c3cccc(-c4cccc(C5=CC(=O)NC5=O)c4)c3)c2)C(=O)N1. The van der Waals surface area contributed by atoms with E-state index in [1.807, 2.05) is 60.7 Å². The first-order chi connectivity index (χ1) is 15.5. The van der Waals surface area contributed by atoms with Crippen molar-refractivity contribution in [3.63, 3.8) is 0 Å². The van der Waals surface area contributed by atoms with Gasteiger partial charge in [0.25, 0.3) is 23.6 Å². The first-order valence-corrected chi connectivity index (χ1v) is 9.94. The van der Waals surface area contributed by atoms with E-state index in [2.05, 4.69) is 10.6 Å². The molecule has 5 rings (SSSR count). The number of hydrogen-bond donors (Lipinski definition) is 2. The normalized spacial score (nSPS) is 15.4. The van der Waals surface area contributed by atoms with Crippen LogP contribution in [0.3, 0.4) is 0 Å². The van der Waals surface area contributed by atoms with Crippen LogP contribution in [0.25, 0.3) is 33.4 Å². The van der Waals surface area contributed by atoms with Gasteiger partial charge in [0.2, 0.25) is 0 Å². The van der Waals surface area contributed by atoms with Gasteiger partial charge >= 0.3 is 0 Å². The zero-order valence-electron chi connectivity index (χ0n) is 16.7. The van der Waals surface area contributed by atoms with Gasteiger partial charge in [-0.3, -0.25) is 29.8 Å². The van der Waals surface area contributed by atoms with E-state index < -0.39 is 23.6 Å². The zero-order chi connectivity index (χ0) is 22.2. The van der Waals surface area contributed by atoms with E-state index in [1.165, 1.54) is 12.2 Å². The molecule has 2 N–H and O–H groups in total. The molecule has 0 saturated heterocycles. The Morgan fingerprint density at radius 2 is 0.750 bits per heavy atom. The fraction of sp³-hybridized carbons (Fsp3) is 0. The number of amides is 4. The van der Waals surface area contributed by atoms with Crippen molar-refractivity contribution in [1.82, 2.24) is 10.6 Å². The van der Waals surface area contributed by atoms with E-state index in [0.29, 0.717) is 22.3 Å². The van der Waals surface area contributed by atoms with Crippen LogP contribution >= 0.6 is 0 Å². The Morgan fingerprint density at radius 3 is 1.06 bits per heavy atom. The standard InChI is InChI=1S/C26H16N2O4/c29-23-13-21(25(31)27-23)19-8-2-6-17(11-19)15-4-1-5-16(10-15)18-7-3-9-20(12-18)22-14-24(30)28-26(22)32/h1-14H,(H,27,29,31)(H,28,30,32). The number of hydrogen-bond acceptors (Lipinski definition) is 4. The van der Waals surface area contributed by atoms with Gasteiger partial charge in [-0.2, -0.15) is 0 Å². The predicted molar refractivity (Wildman–Crippen MR) is 120 cm³/mol. The van der Waals surface area contributed by atoms with Gasteiger partial charge in [-0.25, -0.2) is 0 Å². The van der Waals surface area contributed by atoms with E-state index in [9.17, 15) is 19.2 Å². The van der Waals surface area contributed by atoms with Crippen molar-refractivity contribution in [3.8, 4) is 22.3 Å². The lowest BCUT2D eigenvalue weighted by molar-refractivity contribution is -0.124. The minimum atomic E-state index is -0.412. The van der Waals surface area contributed by atoms with Gasteiger partial charge in [0.15, 0.2) is 0 Å². The summed E-state index contributed by atoms with van der Waals surface area (Å²) in [4.78, 5) is 47.0. The third-order valence-corrected chi connectivity index (χ3v) is 5.39. The Labute approximate surface area is 183 Å². The highest BCUT2D eigenvalue weighted by Crippen LogP contribution is 2.30. The molecule has 3 aromatic carbocycles. The Morgan fingerprint density at radius 1 is 0.438 bits per heavy atom. The highest BCUT2D eigenvalue weighted by Gasteiger charge is 2.23. The summed E-state index contributed by atoms with van der Waals surface area (Å²) in [6.45, 7) is 0. The Kier molecular flexibility index (Phi) is 4.60. The zero-order valence-corrected chi connectivity index (χ0v) is 16.7. The second kappa shape index (κ2) is 7.59. The first kappa shape index (κ1) is 19.4. The fourth-order valence-electron chi connectivity index (χ4n) is 3.86. The van der Waals surface area contributed by atoms with E-state index in [-0.39, 0.29) is 0 Å². The maximum absolute atomic E-state index is 12.0. The maximum Gasteiger partial charge on any atom is 0.258 e. The molecule has 32 heavy (non-hydrogen) atoms. The third kappa shape index (κ3) is 3.54. The summed E-state index contributed by atoms with van der Waals surface area (Å²) < 4.78 is 0. The summed E-state index contributed by atoms with van der Waals surface area (Å²) in [5.74, 6) is -1.63. The van der Waals surface area contributed by atoms with Crippen molar-refractivity contribution in [2.24, 2.45) is 0 Å². The van der Waals surface area contributed by atoms with Crippen LogP contribution in [0.2, 0.25) is 0 Å². The van der Waals surface area contributed by atoms with Gasteiger partial charge < -0.3 is 0 Å². The van der Waals surface area contributed by atoms with Gasteiger partial charge in [-0.1, -0.05) is 54.6 Å². The summed E-state index contributed by atoms with van der Waals surface area (Å²) in [6, 6.07) is 22.8. The Bertz CT molecular complexity index is 1300. The predicted octanol–water partition coefficient (Wildman–Crippen LogP) is 3.10. The van der Waals surface area contributed by atoms with Gasteiger partial charge in [0.05, 0.1) is 11.1 Å². The lowest BCUT2D eigenvalue weighted by atomic mass is 9.95. The number of imide groups is 2.